The molecule has 1 unspecified atom stereocenters. The fourth-order valence-electron chi connectivity index (χ4n) is 1.79. The van der Waals surface area contributed by atoms with Crippen molar-refractivity contribution < 1.29 is 4.74 Å². The van der Waals surface area contributed by atoms with Gasteiger partial charge in [0.2, 0.25) is 0 Å². The Labute approximate surface area is 92.3 Å². The van der Waals surface area contributed by atoms with Gasteiger partial charge >= 0.3 is 0 Å². The van der Waals surface area contributed by atoms with Crippen LogP contribution in [0.3, 0.4) is 0 Å². The first kappa shape index (κ1) is 12.3. The second kappa shape index (κ2) is 5.94. The van der Waals surface area contributed by atoms with E-state index < -0.39 is 0 Å². The molecule has 0 aliphatic carbocycles. The minimum atomic E-state index is 0.282. The molecule has 14 heavy (non-hydrogen) atoms. The molecule has 3 heteroatoms. The van der Waals surface area contributed by atoms with E-state index in [1.54, 1.807) is 0 Å². The van der Waals surface area contributed by atoms with Gasteiger partial charge in [-0.15, -0.1) is 11.6 Å². The molecule has 0 radical (unpaired) electrons. The van der Waals surface area contributed by atoms with Crippen LogP contribution in [0.1, 0.15) is 33.1 Å². The minimum absolute atomic E-state index is 0.282. The Balaban J connectivity index is 2.31. The third kappa shape index (κ3) is 3.11. The Kier molecular flexibility index (Phi) is 5.21. The Bertz CT molecular complexity index is 145. The van der Waals surface area contributed by atoms with Crippen LogP contribution in [-0.4, -0.2) is 31.7 Å². The minimum Gasteiger partial charge on any atom is -0.380 e. The van der Waals surface area contributed by atoms with Crippen LogP contribution in [-0.2, 0) is 4.74 Å². The molecule has 0 spiro atoms. The first-order valence-corrected chi connectivity index (χ1v) is 6.17. The van der Waals surface area contributed by atoms with Gasteiger partial charge in [-0.05, 0) is 24.7 Å². The molecule has 0 amide bonds. The lowest BCUT2D eigenvalue weighted by Gasteiger charge is -2.30. The van der Waals surface area contributed by atoms with Gasteiger partial charge in [-0.3, -0.25) is 0 Å². The topological polar surface area (TPSA) is 21.3 Å². The van der Waals surface area contributed by atoms with Crippen LogP contribution in [0.15, 0.2) is 0 Å². The maximum absolute atomic E-state index is 6.04. The number of ether oxygens (including phenoxy) is 1. The van der Waals surface area contributed by atoms with Gasteiger partial charge in [0.05, 0.1) is 6.61 Å². The van der Waals surface area contributed by atoms with E-state index in [-0.39, 0.29) is 5.41 Å². The standard InChI is InChI=1S/C11H22ClNO/c1-3-11(4-2,8-12)9-13-10-5-6-14-7-10/h10,13H,3-9H2,1-2H3. The number of alkyl halides is 1. The monoisotopic (exact) mass is 219 g/mol. The molecule has 0 aromatic rings. The van der Waals surface area contributed by atoms with Gasteiger partial charge in [0.25, 0.3) is 0 Å². The molecule has 1 saturated heterocycles. The largest absolute Gasteiger partial charge is 0.380 e. The van der Waals surface area contributed by atoms with Crippen LogP contribution in [0.2, 0.25) is 0 Å². The lowest BCUT2D eigenvalue weighted by molar-refractivity contribution is 0.185. The number of hydrogen-bond acceptors (Lipinski definition) is 2. The van der Waals surface area contributed by atoms with Crippen molar-refractivity contribution in [1.29, 1.82) is 0 Å². The zero-order valence-corrected chi connectivity index (χ0v) is 10.1. The van der Waals surface area contributed by atoms with Crippen LogP contribution in [0.25, 0.3) is 0 Å². The molecule has 1 atom stereocenters. The van der Waals surface area contributed by atoms with Gasteiger partial charge < -0.3 is 10.1 Å². The molecule has 0 saturated carbocycles. The van der Waals surface area contributed by atoms with Gasteiger partial charge in [-0.25, -0.2) is 0 Å². The molecule has 1 aliphatic heterocycles. The average molecular weight is 220 g/mol. The Morgan fingerprint density at radius 2 is 2.14 bits per heavy atom. The molecule has 0 bridgehead atoms. The van der Waals surface area contributed by atoms with Crippen molar-refractivity contribution >= 4 is 11.6 Å². The molecule has 1 N–H and O–H groups in total. The molecular weight excluding hydrogens is 198 g/mol. The molecule has 1 fully saturated rings. The lowest BCUT2D eigenvalue weighted by atomic mass is 9.84. The highest BCUT2D eigenvalue weighted by molar-refractivity contribution is 6.18. The Morgan fingerprint density at radius 1 is 1.43 bits per heavy atom. The smallest absolute Gasteiger partial charge is 0.0620 e. The molecular formula is C11H22ClNO. The van der Waals surface area contributed by atoms with E-state index in [2.05, 4.69) is 19.2 Å². The SMILES string of the molecule is CCC(CC)(CCl)CNC1CCOC1. The van der Waals surface area contributed by atoms with Crippen molar-refractivity contribution in [2.75, 3.05) is 25.6 Å². The highest BCUT2D eigenvalue weighted by Gasteiger charge is 2.26. The van der Waals surface area contributed by atoms with Crippen molar-refractivity contribution in [2.24, 2.45) is 5.41 Å². The van der Waals surface area contributed by atoms with Crippen molar-refractivity contribution in [3.8, 4) is 0 Å². The third-order valence-corrected chi connectivity index (χ3v) is 4.05. The summed E-state index contributed by atoms with van der Waals surface area (Å²) < 4.78 is 5.33. The van der Waals surface area contributed by atoms with Gasteiger partial charge in [-0.1, -0.05) is 13.8 Å². The summed E-state index contributed by atoms with van der Waals surface area (Å²) in [5, 5.41) is 3.57. The fourth-order valence-corrected chi connectivity index (χ4v) is 2.27. The van der Waals surface area contributed by atoms with Crippen molar-refractivity contribution in [2.45, 2.75) is 39.2 Å². The van der Waals surface area contributed by atoms with E-state index in [0.29, 0.717) is 6.04 Å². The number of halogens is 1. The normalized spacial score (nSPS) is 22.9. The first-order chi connectivity index (χ1) is 6.76. The van der Waals surface area contributed by atoms with E-state index in [1.165, 1.54) is 0 Å². The summed E-state index contributed by atoms with van der Waals surface area (Å²) in [7, 11) is 0. The van der Waals surface area contributed by atoms with E-state index in [9.17, 15) is 0 Å². The summed E-state index contributed by atoms with van der Waals surface area (Å²) in [6.45, 7) is 7.24. The quantitative estimate of drug-likeness (QED) is 0.693. The summed E-state index contributed by atoms with van der Waals surface area (Å²) in [5.41, 5.74) is 0.282. The summed E-state index contributed by atoms with van der Waals surface area (Å²) in [6, 6.07) is 0.552. The zero-order valence-electron chi connectivity index (χ0n) is 9.31. The summed E-state index contributed by atoms with van der Waals surface area (Å²) in [5.74, 6) is 0.751. The number of rotatable bonds is 6. The summed E-state index contributed by atoms with van der Waals surface area (Å²) in [6.07, 6.45) is 3.44. The Hall–Kier alpha value is 0.210. The second-order valence-electron chi connectivity index (χ2n) is 4.28. The van der Waals surface area contributed by atoms with Gasteiger partial charge in [0.1, 0.15) is 0 Å². The molecule has 1 heterocycles. The summed E-state index contributed by atoms with van der Waals surface area (Å²) in [4.78, 5) is 0. The molecule has 1 aliphatic rings. The molecule has 1 rings (SSSR count). The average Bonchev–Trinajstić information content (AvgIpc) is 2.74. The van der Waals surface area contributed by atoms with Crippen LogP contribution in [0.4, 0.5) is 0 Å². The van der Waals surface area contributed by atoms with Gasteiger partial charge in [0.15, 0.2) is 0 Å². The van der Waals surface area contributed by atoms with Crippen LogP contribution >= 0.6 is 11.6 Å². The second-order valence-corrected chi connectivity index (χ2v) is 4.55. The predicted octanol–water partition coefficient (Wildman–Crippen LogP) is 2.41. The van der Waals surface area contributed by atoms with Crippen molar-refractivity contribution in [1.82, 2.24) is 5.32 Å². The predicted molar refractivity (Wildman–Crippen MR) is 61.0 cm³/mol. The Morgan fingerprint density at radius 3 is 2.57 bits per heavy atom. The van der Waals surface area contributed by atoms with Crippen molar-refractivity contribution in [3.05, 3.63) is 0 Å². The van der Waals surface area contributed by atoms with Crippen LogP contribution in [0.5, 0.6) is 0 Å². The van der Waals surface area contributed by atoms with Crippen LogP contribution in [0, 0.1) is 5.41 Å². The fraction of sp³-hybridized carbons (Fsp3) is 1.00. The molecule has 0 aromatic carbocycles. The maximum Gasteiger partial charge on any atom is 0.0620 e. The number of nitrogens with one attached hydrogen (secondary N) is 1. The van der Waals surface area contributed by atoms with E-state index in [4.69, 9.17) is 16.3 Å². The van der Waals surface area contributed by atoms with E-state index >= 15 is 0 Å². The maximum atomic E-state index is 6.04. The highest BCUT2D eigenvalue weighted by atomic mass is 35.5. The first-order valence-electron chi connectivity index (χ1n) is 5.63. The van der Waals surface area contributed by atoms with E-state index in [0.717, 1.165) is 44.9 Å². The molecule has 84 valence electrons. The lowest BCUT2D eigenvalue weighted by Crippen LogP contribution is -2.40. The van der Waals surface area contributed by atoms with Crippen molar-refractivity contribution in [3.63, 3.8) is 0 Å². The van der Waals surface area contributed by atoms with Gasteiger partial charge in [0, 0.05) is 25.1 Å². The molecule has 2 nitrogen and oxygen atoms in total. The number of hydrogen-bond donors (Lipinski definition) is 1. The summed E-state index contributed by atoms with van der Waals surface area (Å²) >= 11 is 6.04. The van der Waals surface area contributed by atoms with Gasteiger partial charge in [-0.2, -0.15) is 0 Å². The van der Waals surface area contributed by atoms with Crippen LogP contribution < -0.4 is 5.32 Å². The zero-order chi connectivity index (χ0) is 10.4. The highest BCUT2D eigenvalue weighted by Crippen LogP contribution is 2.27. The third-order valence-electron chi connectivity index (χ3n) is 3.48. The molecule has 0 aromatic heterocycles. The van der Waals surface area contributed by atoms with E-state index in [1.807, 2.05) is 0 Å².